The van der Waals surface area contributed by atoms with Crippen molar-refractivity contribution in [2.45, 2.75) is 0 Å². The molecule has 59 valence electrons. The van der Waals surface area contributed by atoms with Gasteiger partial charge in [0.05, 0.1) is 0 Å². The summed E-state index contributed by atoms with van der Waals surface area (Å²) in [6.07, 6.45) is 0. The number of hydrogen-bond donors (Lipinski definition) is 5. The van der Waals surface area contributed by atoms with Crippen LogP contribution in [-0.2, 0) is 88.9 Å². The Morgan fingerprint density at radius 2 is 0.333 bits per heavy atom. The van der Waals surface area contributed by atoms with Gasteiger partial charge < -0.3 is 30.8 Å². The molecule has 3 radical (unpaired) electrons. The van der Waals surface area contributed by atoms with Crippen LogP contribution in [-0.4, -0.2) is 0 Å². The third kappa shape index (κ3) is 109. The van der Waals surface area contributed by atoms with Crippen LogP contribution in [0.2, 0.25) is 0 Å². The van der Waals surface area contributed by atoms with E-state index in [1.807, 2.05) is 0 Å². The Hall–Kier alpha value is 2.74. The average Bonchev–Trinajstić information content (AvgIpc) is 0. The minimum absolute atomic E-state index is 0. The Kier molecular flexibility index (Phi) is 2730. The van der Waals surface area contributed by atoms with Crippen molar-refractivity contribution in [3.63, 3.8) is 0 Å². The van der Waals surface area contributed by atoms with E-state index >= 15 is 0 Å². The summed E-state index contributed by atoms with van der Waals surface area (Å²) in [4.78, 5) is 0. The number of rotatable bonds is 0. The van der Waals surface area contributed by atoms with Crippen LogP contribution >= 0.6 is 0 Å². The van der Waals surface area contributed by atoms with Gasteiger partial charge in [0.2, 0.25) is 0 Å². The molecule has 0 saturated carbocycles. The molecule has 15 N–H and O–H groups in total. The predicted octanol–water partition coefficient (Wildman–Crippen LogP) is 0.800. The molecule has 9 heavy (non-hydrogen) atoms. The van der Waals surface area contributed by atoms with Gasteiger partial charge in [-0.2, -0.15) is 0 Å². The van der Waals surface area contributed by atoms with Gasteiger partial charge in [0, 0.05) is 88.9 Å². The van der Waals surface area contributed by atoms with Crippen molar-refractivity contribution in [2.75, 3.05) is 0 Å². The Bertz CT molecular complexity index is 12.2. The summed E-state index contributed by atoms with van der Waals surface area (Å²) in [6, 6.07) is 0. The smallest absolute Gasteiger partial charge is 0 e. The van der Waals surface area contributed by atoms with Gasteiger partial charge in [-0.1, -0.05) is 0 Å². The van der Waals surface area contributed by atoms with Gasteiger partial charge in [0.1, 0.15) is 0 Å². The SMILES string of the molecule is N.N.N.N.N.[Ta].[Ta].[Ta].[Ti]. The third-order valence-electron chi connectivity index (χ3n) is 0. The minimum atomic E-state index is 0. The van der Waals surface area contributed by atoms with E-state index in [1.54, 1.807) is 0 Å². The molecule has 0 aromatic rings. The molecule has 0 aliphatic heterocycles. The Morgan fingerprint density at radius 3 is 0.333 bits per heavy atom. The van der Waals surface area contributed by atoms with Crippen LogP contribution in [0.25, 0.3) is 0 Å². The molecule has 0 amide bonds. The van der Waals surface area contributed by atoms with Gasteiger partial charge in [-0.25, -0.2) is 0 Å². The Balaban J connectivity index is 0. The van der Waals surface area contributed by atoms with Crippen LogP contribution in [0.15, 0.2) is 0 Å². The molecule has 5 nitrogen and oxygen atoms in total. The minimum Gasteiger partial charge on any atom is -0.344 e. The van der Waals surface area contributed by atoms with Crippen molar-refractivity contribution < 1.29 is 88.9 Å². The standard InChI is InChI=1S/5H3N.3Ta.Ti/h5*1H3;;;;. The van der Waals surface area contributed by atoms with Gasteiger partial charge in [0.15, 0.2) is 0 Å². The van der Waals surface area contributed by atoms with E-state index in [1.165, 1.54) is 0 Å². The largest absolute Gasteiger partial charge is 0.344 e. The van der Waals surface area contributed by atoms with Crippen molar-refractivity contribution in [1.82, 2.24) is 30.8 Å². The fourth-order valence-electron chi connectivity index (χ4n) is 0. The second kappa shape index (κ2) is 136. The summed E-state index contributed by atoms with van der Waals surface area (Å²) in [5, 5.41) is 0. The summed E-state index contributed by atoms with van der Waals surface area (Å²) in [6.45, 7) is 0. The monoisotopic (exact) mass is 676 g/mol. The summed E-state index contributed by atoms with van der Waals surface area (Å²) in [7, 11) is 0. The summed E-state index contributed by atoms with van der Waals surface area (Å²) in [5.41, 5.74) is 0. The first kappa shape index (κ1) is 181. The van der Waals surface area contributed by atoms with E-state index < -0.39 is 0 Å². The number of hydrogen-bond acceptors (Lipinski definition) is 5. The molecule has 9 heteroatoms. The van der Waals surface area contributed by atoms with E-state index in [4.69, 9.17) is 0 Å². The maximum absolute atomic E-state index is 0. The zero-order valence-electron chi connectivity index (χ0n) is 5.38. The van der Waals surface area contributed by atoms with Crippen molar-refractivity contribution in [3.05, 3.63) is 0 Å². The van der Waals surface area contributed by atoms with E-state index in [2.05, 4.69) is 0 Å². The van der Waals surface area contributed by atoms with Gasteiger partial charge in [-0.05, 0) is 0 Å². The molecular formula is H15N5Ta3Ti. The van der Waals surface area contributed by atoms with E-state index in [9.17, 15) is 0 Å². The summed E-state index contributed by atoms with van der Waals surface area (Å²) >= 11 is 0. The van der Waals surface area contributed by atoms with Crippen molar-refractivity contribution in [2.24, 2.45) is 0 Å². The predicted molar refractivity (Wildman–Crippen MR) is 25.1 cm³/mol. The molecule has 0 spiro atoms. The maximum atomic E-state index is 0. The second-order valence-electron chi connectivity index (χ2n) is 0. The van der Waals surface area contributed by atoms with E-state index in [0.717, 1.165) is 0 Å². The molecule has 0 unspecified atom stereocenters. The Labute approximate surface area is 118 Å². The topological polar surface area (TPSA) is 175 Å². The van der Waals surface area contributed by atoms with E-state index in [0.29, 0.717) is 0 Å². The molecule has 0 aliphatic rings. The molecule has 0 aliphatic carbocycles. The Morgan fingerprint density at radius 1 is 0.333 bits per heavy atom. The molecule has 0 saturated heterocycles. The van der Waals surface area contributed by atoms with Crippen molar-refractivity contribution in [1.29, 1.82) is 0 Å². The average molecular weight is 676 g/mol. The van der Waals surface area contributed by atoms with Gasteiger partial charge in [-0.15, -0.1) is 0 Å². The van der Waals surface area contributed by atoms with Gasteiger partial charge in [0.25, 0.3) is 0 Å². The molecule has 0 heterocycles. The second-order valence-corrected chi connectivity index (χ2v) is 0. The fraction of sp³-hybridized carbons (Fsp3) is 0. The van der Waals surface area contributed by atoms with Gasteiger partial charge >= 0.3 is 0 Å². The zero-order chi connectivity index (χ0) is 0. The first-order valence-corrected chi connectivity index (χ1v) is 0. The zero-order valence-corrected chi connectivity index (χ0v) is 16.6. The van der Waals surface area contributed by atoms with Crippen LogP contribution in [0.5, 0.6) is 0 Å². The summed E-state index contributed by atoms with van der Waals surface area (Å²) < 4.78 is 0. The molecule has 0 fully saturated rings. The first-order chi connectivity index (χ1) is 0. The first-order valence-electron chi connectivity index (χ1n) is 0. The third-order valence-corrected chi connectivity index (χ3v) is 0. The summed E-state index contributed by atoms with van der Waals surface area (Å²) in [5.74, 6) is 0. The molecule has 0 atom stereocenters. The van der Waals surface area contributed by atoms with Crippen LogP contribution in [0.4, 0.5) is 0 Å². The van der Waals surface area contributed by atoms with Crippen LogP contribution in [0, 0.1) is 0 Å². The maximum Gasteiger partial charge on any atom is 0 e. The van der Waals surface area contributed by atoms with Crippen molar-refractivity contribution >= 4 is 0 Å². The molecule has 0 aromatic heterocycles. The van der Waals surface area contributed by atoms with Gasteiger partial charge in [-0.3, -0.25) is 0 Å². The molecule has 0 rings (SSSR count). The van der Waals surface area contributed by atoms with Crippen LogP contribution in [0.3, 0.4) is 0 Å². The van der Waals surface area contributed by atoms with E-state index in [-0.39, 0.29) is 120 Å². The molecular weight excluding hydrogens is 661 g/mol. The van der Waals surface area contributed by atoms with Crippen LogP contribution in [0.1, 0.15) is 0 Å². The molecule has 0 bridgehead atoms. The van der Waals surface area contributed by atoms with Crippen molar-refractivity contribution in [3.8, 4) is 0 Å². The molecule has 0 aromatic carbocycles. The quantitative estimate of drug-likeness (QED) is 0.239. The van der Waals surface area contributed by atoms with Crippen LogP contribution < -0.4 is 30.8 Å². The fourth-order valence-corrected chi connectivity index (χ4v) is 0. The normalized spacial score (nSPS) is 0.